The molecule has 3 rings (SSSR count). The number of pyridine rings is 2. The first-order valence-electron chi connectivity index (χ1n) is 4.75. The summed E-state index contributed by atoms with van der Waals surface area (Å²) in [5.41, 5.74) is 5.78. The van der Waals surface area contributed by atoms with Crippen LogP contribution in [0.5, 0.6) is 0 Å². The first-order valence-corrected chi connectivity index (χ1v) is 4.75. The minimum Gasteiger partial charge on any atom is -0.254 e. The molecule has 0 aromatic carbocycles. The lowest BCUT2D eigenvalue weighted by Crippen LogP contribution is -1.88. The van der Waals surface area contributed by atoms with E-state index in [-0.39, 0.29) is 0 Å². The molecule has 1 aliphatic carbocycles. The number of hydrogen-bond acceptors (Lipinski definition) is 2. The van der Waals surface area contributed by atoms with Gasteiger partial charge in [-0.1, -0.05) is 12.1 Å². The van der Waals surface area contributed by atoms with Crippen molar-refractivity contribution in [3.8, 4) is 11.4 Å². The van der Waals surface area contributed by atoms with Gasteiger partial charge in [0.25, 0.3) is 0 Å². The molecule has 0 aliphatic heterocycles. The fraction of sp³-hybridized carbons (Fsp3) is 0.167. The normalized spacial score (nSPS) is 12.4. The lowest BCUT2D eigenvalue weighted by atomic mass is 10.2. The third-order valence-electron chi connectivity index (χ3n) is 2.61. The largest absolute Gasteiger partial charge is 0.254 e. The average molecular weight is 182 g/mol. The first kappa shape index (κ1) is 7.68. The number of rotatable bonds is 0. The highest BCUT2D eigenvalue weighted by Gasteiger charge is 2.20. The van der Waals surface area contributed by atoms with Crippen molar-refractivity contribution in [3.05, 3.63) is 47.3 Å². The van der Waals surface area contributed by atoms with E-state index in [1.54, 1.807) is 0 Å². The van der Waals surface area contributed by atoms with E-state index in [1.165, 1.54) is 11.1 Å². The summed E-state index contributed by atoms with van der Waals surface area (Å²) >= 11 is 0. The molecule has 2 aromatic rings. The van der Waals surface area contributed by atoms with Crippen LogP contribution < -0.4 is 0 Å². The molecule has 0 saturated carbocycles. The van der Waals surface area contributed by atoms with Crippen molar-refractivity contribution in [1.29, 1.82) is 0 Å². The summed E-state index contributed by atoms with van der Waals surface area (Å²) in [5.74, 6) is 0. The Morgan fingerprint density at radius 3 is 2.86 bits per heavy atom. The molecule has 68 valence electrons. The standard InChI is InChI=1S/C12H10N2/c1-8-4-5-10-7-9-3-2-6-13-11(9)12(10)14-8/h2-6H,7H2,1H3. The van der Waals surface area contributed by atoms with E-state index in [9.17, 15) is 0 Å². The number of fused-ring (bicyclic) bond motifs is 3. The number of aromatic nitrogens is 2. The van der Waals surface area contributed by atoms with Crippen molar-refractivity contribution in [2.24, 2.45) is 0 Å². The Morgan fingerprint density at radius 1 is 1.07 bits per heavy atom. The maximum absolute atomic E-state index is 4.53. The summed E-state index contributed by atoms with van der Waals surface area (Å²) in [6.45, 7) is 2.02. The van der Waals surface area contributed by atoms with E-state index in [4.69, 9.17) is 0 Å². The Labute approximate surface area is 82.7 Å². The first-order chi connectivity index (χ1) is 6.84. The van der Waals surface area contributed by atoms with Gasteiger partial charge < -0.3 is 0 Å². The Hall–Kier alpha value is -1.70. The summed E-state index contributed by atoms with van der Waals surface area (Å²) in [6.07, 6.45) is 2.81. The van der Waals surface area contributed by atoms with Gasteiger partial charge in [0.15, 0.2) is 0 Å². The van der Waals surface area contributed by atoms with Gasteiger partial charge in [0, 0.05) is 18.3 Å². The minimum absolute atomic E-state index is 0.978. The van der Waals surface area contributed by atoms with Crippen LogP contribution in [0.4, 0.5) is 0 Å². The van der Waals surface area contributed by atoms with Gasteiger partial charge in [0.1, 0.15) is 0 Å². The average Bonchev–Trinajstić information content (AvgIpc) is 2.56. The van der Waals surface area contributed by atoms with Crippen molar-refractivity contribution in [2.45, 2.75) is 13.3 Å². The Bertz CT molecular complexity index is 503. The predicted octanol–water partition coefficient (Wildman–Crippen LogP) is 2.36. The maximum Gasteiger partial charge on any atom is 0.0927 e. The molecule has 2 heteroatoms. The van der Waals surface area contributed by atoms with Gasteiger partial charge >= 0.3 is 0 Å². The lowest BCUT2D eigenvalue weighted by molar-refractivity contribution is 1.17. The molecule has 0 saturated heterocycles. The zero-order valence-corrected chi connectivity index (χ0v) is 7.99. The molecule has 1 aliphatic rings. The second-order valence-corrected chi connectivity index (χ2v) is 3.65. The summed E-state index contributed by atoms with van der Waals surface area (Å²) in [6, 6.07) is 8.32. The molecular formula is C12H10N2. The van der Waals surface area contributed by atoms with Gasteiger partial charge in [-0.25, -0.2) is 0 Å². The van der Waals surface area contributed by atoms with Crippen molar-refractivity contribution >= 4 is 0 Å². The zero-order valence-electron chi connectivity index (χ0n) is 7.99. The van der Waals surface area contributed by atoms with E-state index in [1.807, 2.05) is 19.2 Å². The Morgan fingerprint density at radius 2 is 1.93 bits per heavy atom. The topological polar surface area (TPSA) is 25.8 Å². The lowest BCUT2D eigenvalue weighted by Gasteiger charge is -1.99. The van der Waals surface area contributed by atoms with Crippen molar-refractivity contribution in [1.82, 2.24) is 9.97 Å². The Kier molecular flexibility index (Phi) is 1.45. The molecule has 2 nitrogen and oxygen atoms in total. The number of aryl methyl sites for hydroxylation is 1. The van der Waals surface area contributed by atoms with E-state index < -0.39 is 0 Å². The van der Waals surface area contributed by atoms with E-state index in [0.29, 0.717) is 0 Å². The van der Waals surface area contributed by atoms with E-state index >= 15 is 0 Å². The van der Waals surface area contributed by atoms with Gasteiger partial charge in [0.2, 0.25) is 0 Å². The van der Waals surface area contributed by atoms with Gasteiger partial charge in [-0.15, -0.1) is 0 Å². The third kappa shape index (κ3) is 0.970. The van der Waals surface area contributed by atoms with Crippen molar-refractivity contribution in [3.63, 3.8) is 0 Å². The SMILES string of the molecule is Cc1ccc2c(n1)-c1ncccc1C2. The summed E-state index contributed by atoms with van der Waals surface area (Å²) in [7, 11) is 0. The molecule has 0 fully saturated rings. The zero-order chi connectivity index (χ0) is 9.54. The van der Waals surface area contributed by atoms with Gasteiger partial charge in [-0.3, -0.25) is 9.97 Å². The number of hydrogen-bond donors (Lipinski definition) is 0. The highest BCUT2D eigenvalue weighted by Crippen LogP contribution is 2.32. The fourth-order valence-corrected chi connectivity index (χ4v) is 1.93. The highest BCUT2D eigenvalue weighted by atomic mass is 14.8. The van der Waals surface area contributed by atoms with Crippen LogP contribution >= 0.6 is 0 Å². The monoisotopic (exact) mass is 182 g/mol. The van der Waals surface area contributed by atoms with Crippen LogP contribution in [0.25, 0.3) is 11.4 Å². The molecule has 0 bridgehead atoms. The smallest absolute Gasteiger partial charge is 0.0927 e. The molecule has 14 heavy (non-hydrogen) atoms. The molecule has 0 unspecified atom stereocenters. The Balaban J connectivity index is 2.30. The second kappa shape index (κ2) is 2.64. The highest BCUT2D eigenvalue weighted by molar-refractivity contribution is 5.69. The van der Waals surface area contributed by atoms with E-state index in [2.05, 4.69) is 28.2 Å². The molecular weight excluding hydrogens is 172 g/mol. The minimum atomic E-state index is 0.978. The van der Waals surface area contributed by atoms with Gasteiger partial charge in [-0.2, -0.15) is 0 Å². The second-order valence-electron chi connectivity index (χ2n) is 3.65. The maximum atomic E-state index is 4.53. The van der Waals surface area contributed by atoms with Crippen LogP contribution in [0, 0.1) is 6.92 Å². The van der Waals surface area contributed by atoms with Gasteiger partial charge in [-0.05, 0) is 30.2 Å². The molecule has 2 aromatic heterocycles. The molecule has 0 N–H and O–H groups in total. The quantitative estimate of drug-likeness (QED) is 0.533. The summed E-state index contributed by atoms with van der Waals surface area (Å²) in [4.78, 5) is 8.91. The fourth-order valence-electron chi connectivity index (χ4n) is 1.93. The van der Waals surface area contributed by atoms with Crippen molar-refractivity contribution < 1.29 is 0 Å². The molecule has 0 atom stereocenters. The molecule has 0 amide bonds. The van der Waals surface area contributed by atoms with Crippen LogP contribution in [0.15, 0.2) is 30.5 Å². The molecule has 0 spiro atoms. The van der Waals surface area contributed by atoms with Gasteiger partial charge in [0.05, 0.1) is 11.4 Å². The number of nitrogens with zero attached hydrogens (tertiary/aromatic N) is 2. The van der Waals surface area contributed by atoms with Crippen LogP contribution in [0.1, 0.15) is 16.8 Å². The van der Waals surface area contributed by atoms with Crippen molar-refractivity contribution in [2.75, 3.05) is 0 Å². The third-order valence-corrected chi connectivity index (χ3v) is 2.61. The summed E-state index contributed by atoms with van der Waals surface area (Å²) in [5, 5.41) is 0. The summed E-state index contributed by atoms with van der Waals surface area (Å²) < 4.78 is 0. The molecule has 0 radical (unpaired) electrons. The van der Waals surface area contributed by atoms with Crippen LogP contribution in [-0.2, 0) is 6.42 Å². The van der Waals surface area contributed by atoms with E-state index in [0.717, 1.165) is 23.5 Å². The van der Waals surface area contributed by atoms with Crippen LogP contribution in [0.2, 0.25) is 0 Å². The predicted molar refractivity (Wildman–Crippen MR) is 55.0 cm³/mol. The molecule has 2 heterocycles. The van der Waals surface area contributed by atoms with Crippen LogP contribution in [-0.4, -0.2) is 9.97 Å². The van der Waals surface area contributed by atoms with Crippen LogP contribution in [0.3, 0.4) is 0 Å².